The predicted molar refractivity (Wildman–Crippen MR) is 86.7 cm³/mol. The summed E-state index contributed by atoms with van der Waals surface area (Å²) in [6.07, 6.45) is 2.07. The van der Waals surface area contributed by atoms with E-state index in [2.05, 4.69) is 42.8 Å². The third kappa shape index (κ3) is 3.82. The number of thioether (sulfide) groups is 1. The molecule has 0 aliphatic rings. The number of rotatable bonds is 4. The van der Waals surface area contributed by atoms with Gasteiger partial charge >= 0.3 is 0 Å². The highest BCUT2D eigenvalue weighted by molar-refractivity contribution is 7.98. The Bertz CT molecular complexity index is 555. The molecule has 1 N–H and O–H groups in total. The number of anilines is 1. The van der Waals surface area contributed by atoms with Gasteiger partial charge in [-0.25, -0.2) is 0 Å². The zero-order chi connectivity index (χ0) is 13.8. The molecule has 0 saturated heterocycles. The van der Waals surface area contributed by atoms with Crippen LogP contribution in [-0.2, 0) is 0 Å². The van der Waals surface area contributed by atoms with Gasteiger partial charge in [-0.15, -0.1) is 11.8 Å². The van der Waals surface area contributed by atoms with Crippen molar-refractivity contribution in [2.75, 3.05) is 11.6 Å². The molecule has 1 unspecified atom stereocenters. The van der Waals surface area contributed by atoms with Crippen molar-refractivity contribution in [2.45, 2.75) is 17.9 Å². The highest BCUT2D eigenvalue weighted by atomic mass is 35.5. The molecule has 0 saturated carbocycles. The van der Waals surface area contributed by atoms with Gasteiger partial charge in [-0.1, -0.05) is 35.3 Å². The second-order valence-electron chi connectivity index (χ2n) is 4.26. The second-order valence-corrected chi connectivity index (χ2v) is 5.99. The third-order valence-electron chi connectivity index (χ3n) is 2.92. The van der Waals surface area contributed by atoms with E-state index < -0.39 is 0 Å². The molecule has 0 amide bonds. The molecule has 4 heteroatoms. The molecule has 2 rings (SSSR count). The molecule has 0 aromatic heterocycles. The lowest BCUT2D eigenvalue weighted by atomic mass is 10.1. The summed E-state index contributed by atoms with van der Waals surface area (Å²) in [5.74, 6) is 0. The van der Waals surface area contributed by atoms with E-state index in [1.54, 1.807) is 17.8 Å². The molecule has 2 aromatic carbocycles. The fraction of sp³-hybridized carbons (Fsp3) is 0.200. The minimum absolute atomic E-state index is 0.189. The summed E-state index contributed by atoms with van der Waals surface area (Å²) in [4.78, 5) is 1.26. The van der Waals surface area contributed by atoms with Gasteiger partial charge in [-0.3, -0.25) is 0 Å². The van der Waals surface area contributed by atoms with E-state index in [1.165, 1.54) is 10.5 Å². The zero-order valence-electron chi connectivity index (χ0n) is 10.8. The molecule has 100 valence electrons. The van der Waals surface area contributed by atoms with Gasteiger partial charge in [-0.05, 0) is 49.1 Å². The highest BCUT2D eigenvalue weighted by Crippen LogP contribution is 2.29. The number of hydrogen-bond donors (Lipinski definition) is 1. The van der Waals surface area contributed by atoms with Crippen LogP contribution in [0.25, 0.3) is 0 Å². The van der Waals surface area contributed by atoms with Crippen LogP contribution in [0.5, 0.6) is 0 Å². The van der Waals surface area contributed by atoms with Crippen molar-refractivity contribution in [2.24, 2.45) is 0 Å². The van der Waals surface area contributed by atoms with Gasteiger partial charge in [0, 0.05) is 16.0 Å². The molecule has 0 bridgehead atoms. The van der Waals surface area contributed by atoms with Crippen LogP contribution in [0.15, 0.2) is 47.4 Å². The Morgan fingerprint density at radius 3 is 2.32 bits per heavy atom. The van der Waals surface area contributed by atoms with Crippen molar-refractivity contribution in [3.05, 3.63) is 58.1 Å². The number of nitrogens with one attached hydrogen (secondary N) is 1. The summed E-state index contributed by atoms with van der Waals surface area (Å²) in [6, 6.07) is 14.2. The van der Waals surface area contributed by atoms with Gasteiger partial charge in [0.25, 0.3) is 0 Å². The molecule has 1 atom stereocenters. The van der Waals surface area contributed by atoms with Crippen LogP contribution in [-0.4, -0.2) is 6.26 Å². The largest absolute Gasteiger partial charge is 0.377 e. The van der Waals surface area contributed by atoms with Gasteiger partial charge in [-0.2, -0.15) is 0 Å². The van der Waals surface area contributed by atoms with Crippen LogP contribution >= 0.6 is 35.0 Å². The van der Waals surface area contributed by atoms with Crippen molar-refractivity contribution in [3.8, 4) is 0 Å². The summed E-state index contributed by atoms with van der Waals surface area (Å²) >= 11 is 13.8. The Morgan fingerprint density at radius 1 is 1.05 bits per heavy atom. The second kappa shape index (κ2) is 6.56. The summed E-state index contributed by atoms with van der Waals surface area (Å²) in [5, 5.41) is 4.68. The van der Waals surface area contributed by atoms with Crippen molar-refractivity contribution < 1.29 is 0 Å². The molecule has 0 spiro atoms. The van der Waals surface area contributed by atoms with Crippen LogP contribution in [0.3, 0.4) is 0 Å². The number of halogens is 2. The van der Waals surface area contributed by atoms with Crippen LogP contribution in [0.1, 0.15) is 18.5 Å². The zero-order valence-corrected chi connectivity index (χ0v) is 13.1. The first-order valence-electron chi connectivity index (χ1n) is 5.95. The number of hydrogen-bond acceptors (Lipinski definition) is 2. The van der Waals surface area contributed by atoms with Crippen molar-refractivity contribution in [1.82, 2.24) is 0 Å². The topological polar surface area (TPSA) is 12.0 Å². The van der Waals surface area contributed by atoms with E-state index in [0.29, 0.717) is 10.0 Å². The molecule has 0 aliphatic heterocycles. The quantitative estimate of drug-likeness (QED) is 0.707. The molecule has 0 heterocycles. The van der Waals surface area contributed by atoms with Crippen LogP contribution in [0.4, 0.5) is 5.69 Å². The molecule has 2 aromatic rings. The molecule has 0 radical (unpaired) electrons. The first-order valence-corrected chi connectivity index (χ1v) is 7.94. The monoisotopic (exact) mass is 311 g/mol. The fourth-order valence-electron chi connectivity index (χ4n) is 1.82. The minimum atomic E-state index is 0.189. The Kier molecular flexibility index (Phi) is 5.03. The van der Waals surface area contributed by atoms with E-state index in [1.807, 2.05) is 12.1 Å². The molecular formula is C15H15Cl2NS. The third-order valence-corrected chi connectivity index (χ3v) is 4.21. The molecule has 0 aliphatic carbocycles. The summed E-state index contributed by atoms with van der Waals surface area (Å²) in [7, 11) is 0. The van der Waals surface area contributed by atoms with E-state index in [9.17, 15) is 0 Å². The van der Waals surface area contributed by atoms with Crippen molar-refractivity contribution in [3.63, 3.8) is 0 Å². The Hall–Kier alpha value is -0.830. The van der Waals surface area contributed by atoms with E-state index >= 15 is 0 Å². The average molecular weight is 312 g/mol. The standard InChI is InChI=1S/C15H15Cl2NS/c1-10(11-3-6-13(19-2)7-4-11)18-15-8-5-12(16)9-14(15)17/h3-10,18H,1-2H3. The molecule has 19 heavy (non-hydrogen) atoms. The first-order chi connectivity index (χ1) is 9.10. The number of benzene rings is 2. The van der Waals surface area contributed by atoms with Gasteiger partial charge in [0.15, 0.2) is 0 Å². The molecular weight excluding hydrogens is 297 g/mol. The van der Waals surface area contributed by atoms with Crippen LogP contribution < -0.4 is 5.32 Å². The maximum atomic E-state index is 6.16. The summed E-state index contributed by atoms with van der Waals surface area (Å²) in [6.45, 7) is 2.11. The predicted octanol–water partition coefficient (Wildman–Crippen LogP) is 5.89. The van der Waals surface area contributed by atoms with Gasteiger partial charge in [0.2, 0.25) is 0 Å². The Labute approximate surface area is 128 Å². The van der Waals surface area contributed by atoms with E-state index in [0.717, 1.165) is 5.69 Å². The Morgan fingerprint density at radius 2 is 1.74 bits per heavy atom. The molecule has 0 fully saturated rings. The normalized spacial score (nSPS) is 12.2. The van der Waals surface area contributed by atoms with Crippen LogP contribution in [0.2, 0.25) is 10.0 Å². The van der Waals surface area contributed by atoms with Crippen molar-refractivity contribution >= 4 is 40.7 Å². The van der Waals surface area contributed by atoms with E-state index in [-0.39, 0.29) is 6.04 Å². The van der Waals surface area contributed by atoms with Gasteiger partial charge < -0.3 is 5.32 Å². The van der Waals surface area contributed by atoms with Crippen LogP contribution in [0, 0.1) is 0 Å². The SMILES string of the molecule is CSc1ccc(C(C)Nc2ccc(Cl)cc2Cl)cc1. The average Bonchev–Trinajstić information content (AvgIpc) is 2.42. The highest BCUT2D eigenvalue weighted by Gasteiger charge is 2.08. The molecule has 1 nitrogen and oxygen atoms in total. The maximum absolute atomic E-state index is 6.16. The maximum Gasteiger partial charge on any atom is 0.0652 e. The summed E-state index contributed by atoms with van der Waals surface area (Å²) < 4.78 is 0. The smallest absolute Gasteiger partial charge is 0.0652 e. The van der Waals surface area contributed by atoms with Gasteiger partial charge in [0.1, 0.15) is 0 Å². The van der Waals surface area contributed by atoms with Crippen molar-refractivity contribution in [1.29, 1.82) is 0 Å². The first kappa shape index (κ1) is 14.6. The lowest BCUT2D eigenvalue weighted by molar-refractivity contribution is 0.883. The Balaban J connectivity index is 2.13. The fourth-order valence-corrected chi connectivity index (χ4v) is 2.69. The van der Waals surface area contributed by atoms with Gasteiger partial charge in [0.05, 0.1) is 10.7 Å². The summed E-state index contributed by atoms with van der Waals surface area (Å²) in [5.41, 5.74) is 2.12. The van der Waals surface area contributed by atoms with E-state index in [4.69, 9.17) is 23.2 Å². The lowest BCUT2D eigenvalue weighted by Gasteiger charge is -2.17. The minimum Gasteiger partial charge on any atom is -0.377 e. The lowest BCUT2D eigenvalue weighted by Crippen LogP contribution is -2.06.